The van der Waals surface area contributed by atoms with E-state index in [-0.39, 0.29) is 0 Å². The van der Waals surface area contributed by atoms with Crippen LogP contribution in [0.15, 0.2) is 55.0 Å². The molecule has 0 radical (unpaired) electrons. The first-order valence-electron chi connectivity index (χ1n) is 7.59. The van der Waals surface area contributed by atoms with Crippen molar-refractivity contribution in [1.82, 2.24) is 19.7 Å². The summed E-state index contributed by atoms with van der Waals surface area (Å²) in [4.78, 5) is 8.70. The number of hydrogen-bond acceptors (Lipinski definition) is 4. The number of anilines is 2. The molecular formula is C18H13Cl2N5. The summed E-state index contributed by atoms with van der Waals surface area (Å²) in [6.45, 7) is 2.05. The number of aryl methyl sites for hydroxylation is 1. The highest BCUT2D eigenvalue weighted by molar-refractivity contribution is 6.35. The molecule has 0 saturated carbocycles. The predicted octanol–water partition coefficient (Wildman–Crippen LogP) is 5.17. The lowest BCUT2D eigenvalue weighted by atomic mass is 10.2. The molecule has 0 aliphatic carbocycles. The SMILES string of the molecule is Cc1ccc(-n2ncc3c(Nc4cc(Cl)cc(Cl)c4)ncnc32)cc1. The average Bonchev–Trinajstić information content (AvgIpc) is 3.00. The minimum atomic E-state index is 0.552. The Balaban J connectivity index is 1.77. The number of nitrogens with zero attached hydrogens (tertiary/aromatic N) is 4. The summed E-state index contributed by atoms with van der Waals surface area (Å²) in [5.41, 5.74) is 3.60. The van der Waals surface area contributed by atoms with Crippen LogP contribution in [0.2, 0.25) is 10.0 Å². The normalized spacial score (nSPS) is 11.0. The maximum atomic E-state index is 6.06. The summed E-state index contributed by atoms with van der Waals surface area (Å²) >= 11 is 12.1. The quantitative estimate of drug-likeness (QED) is 0.540. The van der Waals surface area contributed by atoms with Crippen LogP contribution in [0.4, 0.5) is 11.5 Å². The average molecular weight is 370 g/mol. The third kappa shape index (κ3) is 3.16. The Morgan fingerprint density at radius 1 is 0.960 bits per heavy atom. The Bertz CT molecular complexity index is 1040. The molecule has 0 aliphatic rings. The first-order chi connectivity index (χ1) is 12.1. The molecule has 0 atom stereocenters. The first-order valence-corrected chi connectivity index (χ1v) is 8.35. The molecule has 0 spiro atoms. The third-order valence-corrected chi connectivity index (χ3v) is 4.21. The molecule has 25 heavy (non-hydrogen) atoms. The van der Waals surface area contributed by atoms with Gasteiger partial charge in [0.15, 0.2) is 5.65 Å². The number of hydrogen-bond donors (Lipinski definition) is 1. The van der Waals surface area contributed by atoms with Gasteiger partial charge in [0.1, 0.15) is 12.1 Å². The number of halogens is 2. The molecule has 0 saturated heterocycles. The van der Waals surface area contributed by atoms with Gasteiger partial charge in [-0.25, -0.2) is 14.6 Å². The highest BCUT2D eigenvalue weighted by Crippen LogP contribution is 2.28. The van der Waals surface area contributed by atoms with Crippen molar-refractivity contribution in [2.45, 2.75) is 6.92 Å². The predicted molar refractivity (Wildman–Crippen MR) is 101 cm³/mol. The van der Waals surface area contributed by atoms with E-state index in [9.17, 15) is 0 Å². The topological polar surface area (TPSA) is 55.6 Å². The molecule has 2 aromatic heterocycles. The van der Waals surface area contributed by atoms with Crippen molar-refractivity contribution in [3.8, 4) is 5.69 Å². The molecular weight excluding hydrogens is 357 g/mol. The van der Waals surface area contributed by atoms with Crippen LogP contribution in [0.25, 0.3) is 16.7 Å². The van der Waals surface area contributed by atoms with Gasteiger partial charge in [-0.1, -0.05) is 40.9 Å². The maximum Gasteiger partial charge on any atom is 0.168 e. The number of aromatic nitrogens is 4. The summed E-state index contributed by atoms with van der Waals surface area (Å²) in [5.74, 6) is 0.640. The van der Waals surface area contributed by atoms with E-state index in [0.717, 1.165) is 22.4 Å². The Hall–Kier alpha value is -2.63. The van der Waals surface area contributed by atoms with Crippen molar-refractivity contribution in [3.63, 3.8) is 0 Å². The molecule has 0 bridgehead atoms. The van der Waals surface area contributed by atoms with Crippen LogP contribution >= 0.6 is 23.2 Å². The summed E-state index contributed by atoms with van der Waals surface area (Å²) in [5, 5.41) is 9.59. The van der Waals surface area contributed by atoms with Gasteiger partial charge in [0.2, 0.25) is 0 Å². The van der Waals surface area contributed by atoms with Crippen LogP contribution in [0.1, 0.15) is 5.56 Å². The monoisotopic (exact) mass is 369 g/mol. The fourth-order valence-electron chi connectivity index (χ4n) is 2.58. The van der Waals surface area contributed by atoms with Gasteiger partial charge in [-0.2, -0.15) is 5.10 Å². The summed E-state index contributed by atoms with van der Waals surface area (Å²) in [6, 6.07) is 13.3. The van der Waals surface area contributed by atoms with Crippen molar-refractivity contribution in [2.24, 2.45) is 0 Å². The molecule has 124 valence electrons. The van der Waals surface area contributed by atoms with Crippen LogP contribution in [0.3, 0.4) is 0 Å². The molecule has 1 N–H and O–H groups in total. The van der Waals surface area contributed by atoms with E-state index in [1.807, 2.05) is 31.2 Å². The second-order valence-electron chi connectivity index (χ2n) is 5.63. The van der Waals surface area contributed by atoms with E-state index in [2.05, 4.69) is 20.4 Å². The molecule has 7 heteroatoms. The fraction of sp³-hybridized carbons (Fsp3) is 0.0556. The second kappa shape index (κ2) is 6.35. The fourth-order valence-corrected chi connectivity index (χ4v) is 3.11. The molecule has 0 amide bonds. The maximum absolute atomic E-state index is 6.06. The summed E-state index contributed by atoms with van der Waals surface area (Å²) < 4.78 is 1.78. The van der Waals surface area contributed by atoms with Crippen molar-refractivity contribution < 1.29 is 0 Å². The molecule has 0 fully saturated rings. The van der Waals surface area contributed by atoms with Gasteiger partial charge in [0, 0.05) is 15.7 Å². The van der Waals surface area contributed by atoms with Gasteiger partial charge in [-0.15, -0.1) is 0 Å². The zero-order chi connectivity index (χ0) is 17.4. The molecule has 2 heterocycles. The van der Waals surface area contributed by atoms with Gasteiger partial charge in [-0.05, 0) is 37.3 Å². The van der Waals surface area contributed by atoms with Crippen molar-refractivity contribution >= 4 is 45.7 Å². The molecule has 2 aromatic carbocycles. The van der Waals surface area contributed by atoms with E-state index in [4.69, 9.17) is 23.2 Å². The number of rotatable bonds is 3. The number of fused-ring (bicyclic) bond motifs is 1. The lowest BCUT2D eigenvalue weighted by Gasteiger charge is -2.08. The van der Waals surface area contributed by atoms with Crippen LogP contribution in [-0.2, 0) is 0 Å². The second-order valence-corrected chi connectivity index (χ2v) is 6.51. The van der Waals surface area contributed by atoms with E-state index in [0.29, 0.717) is 15.9 Å². The Morgan fingerprint density at radius 2 is 1.68 bits per heavy atom. The van der Waals surface area contributed by atoms with Gasteiger partial charge < -0.3 is 5.32 Å². The van der Waals surface area contributed by atoms with Gasteiger partial charge >= 0.3 is 0 Å². The molecule has 0 unspecified atom stereocenters. The van der Waals surface area contributed by atoms with E-state index in [1.165, 1.54) is 11.9 Å². The standard InChI is InChI=1S/C18H13Cl2N5/c1-11-2-4-15(5-3-11)25-18-16(9-23-25)17(21-10-22-18)24-14-7-12(19)6-13(20)8-14/h2-10H,1H3,(H,21,22,24). The largest absolute Gasteiger partial charge is 0.339 e. The Kier molecular flexibility index (Phi) is 4.03. The zero-order valence-electron chi connectivity index (χ0n) is 13.2. The zero-order valence-corrected chi connectivity index (χ0v) is 14.8. The summed E-state index contributed by atoms with van der Waals surface area (Å²) in [7, 11) is 0. The first kappa shape index (κ1) is 15.9. The van der Waals surface area contributed by atoms with E-state index in [1.54, 1.807) is 29.1 Å². The van der Waals surface area contributed by atoms with Crippen molar-refractivity contribution in [2.75, 3.05) is 5.32 Å². The third-order valence-electron chi connectivity index (χ3n) is 3.77. The molecule has 4 rings (SSSR count). The highest BCUT2D eigenvalue weighted by atomic mass is 35.5. The summed E-state index contributed by atoms with van der Waals surface area (Å²) in [6.07, 6.45) is 3.24. The van der Waals surface area contributed by atoms with Crippen LogP contribution < -0.4 is 5.32 Å². The lowest BCUT2D eigenvalue weighted by Crippen LogP contribution is -1.99. The van der Waals surface area contributed by atoms with Gasteiger partial charge in [0.05, 0.1) is 17.3 Å². The highest BCUT2D eigenvalue weighted by Gasteiger charge is 2.11. The van der Waals surface area contributed by atoms with Crippen LogP contribution in [0, 0.1) is 6.92 Å². The van der Waals surface area contributed by atoms with Crippen molar-refractivity contribution in [3.05, 3.63) is 70.6 Å². The Labute approximate surface area is 154 Å². The van der Waals surface area contributed by atoms with Crippen LogP contribution in [-0.4, -0.2) is 19.7 Å². The smallest absolute Gasteiger partial charge is 0.168 e. The van der Waals surface area contributed by atoms with Crippen LogP contribution in [0.5, 0.6) is 0 Å². The van der Waals surface area contributed by atoms with E-state index >= 15 is 0 Å². The molecule has 5 nitrogen and oxygen atoms in total. The van der Waals surface area contributed by atoms with Gasteiger partial charge in [0.25, 0.3) is 0 Å². The number of nitrogens with one attached hydrogen (secondary N) is 1. The minimum Gasteiger partial charge on any atom is -0.339 e. The number of benzene rings is 2. The van der Waals surface area contributed by atoms with Crippen molar-refractivity contribution in [1.29, 1.82) is 0 Å². The van der Waals surface area contributed by atoms with Gasteiger partial charge in [-0.3, -0.25) is 0 Å². The molecule has 4 aromatic rings. The minimum absolute atomic E-state index is 0.552. The Morgan fingerprint density at radius 3 is 2.40 bits per heavy atom. The lowest BCUT2D eigenvalue weighted by molar-refractivity contribution is 0.894. The molecule has 0 aliphatic heterocycles. The van der Waals surface area contributed by atoms with E-state index < -0.39 is 0 Å².